The van der Waals surface area contributed by atoms with E-state index < -0.39 is 0 Å². The SMILES string of the molecule is Cc1nn(CCC(=O)NCc2nc(-c3ccc(Cl)cc3)cs2)c2ccccc12. The minimum Gasteiger partial charge on any atom is -0.350 e. The van der Waals surface area contributed by atoms with Crippen molar-refractivity contribution in [2.45, 2.75) is 26.4 Å². The number of amides is 1. The molecule has 5 nitrogen and oxygen atoms in total. The first kappa shape index (κ1) is 18.7. The molecule has 0 spiro atoms. The minimum atomic E-state index is -0.0134. The maximum atomic E-state index is 12.3. The van der Waals surface area contributed by atoms with E-state index in [1.165, 1.54) is 11.3 Å². The highest BCUT2D eigenvalue weighted by atomic mass is 35.5. The largest absolute Gasteiger partial charge is 0.350 e. The van der Waals surface area contributed by atoms with Crippen molar-refractivity contribution in [2.75, 3.05) is 0 Å². The monoisotopic (exact) mass is 410 g/mol. The third-order valence-corrected chi connectivity index (χ3v) is 5.62. The molecule has 0 aliphatic carbocycles. The van der Waals surface area contributed by atoms with E-state index in [1.807, 2.05) is 59.5 Å². The Hall–Kier alpha value is -2.70. The van der Waals surface area contributed by atoms with E-state index in [-0.39, 0.29) is 5.91 Å². The quantitative estimate of drug-likeness (QED) is 0.495. The van der Waals surface area contributed by atoms with Gasteiger partial charge in [0.1, 0.15) is 5.01 Å². The lowest BCUT2D eigenvalue weighted by Gasteiger charge is -2.05. The molecule has 0 radical (unpaired) electrons. The van der Waals surface area contributed by atoms with Gasteiger partial charge >= 0.3 is 0 Å². The molecule has 2 heterocycles. The maximum absolute atomic E-state index is 12.3. The molecular weight excluding hydrogens is 392 g/mol. The zero-order valence-electron chi connectivity index (χ0n) is 15.4. The van der Waals surface area contributed by atoms with Crippen molar-refractivity contribution in [1.82, 2.24) is 20.1 Å². The van der Waals surface area contributed by atoms with Crippen LogP contribution in [0.2, 0.25) is 5.02 Å². The first-order valence-electron chi connectivity index (χ1n) is 8.99. The number of fused-ring (bicyclic) bond motifs is 1. The normalized spacial score (nSPS) is 11.1. The summed E-state index contributed by atoms with van der Waals surface area (Å²) in [4.78, 5) is 16.8. The van der Waals surface area contributed by atoms with Gasteiger partial charge in [-0.1, -0.05) is 41.9 Å². The van der Waals surface area contributed by atoms with Gasteiger partial charge in [-0.15, -0.1) is 11.3 Å². The third-order valence-electron chi connectivity index (χ3n) is 4.52. The van der Waals surface area contributed by atoms with E-state index in [2.05, 4.69) is 21.5 Å². The molecule has 0 saturated heterocycles. The van der Waals surface area contributed by atoms with Crippen LogP contribution in [-0.2, 0) is 17.9 Å². The summed E-state index contributed by atoms with van der Waals surface area (Å²) >= 11 is 7.46. The molecule has 0 aliphatic rings. The maximum Gasteiger partial charge on any atom is 0.222 e. The minimum absolute atomic E-state index is 0.0134. The molecule has 0 aliphatic heterocycles. The molecule has 1 N–H and O–H groups in total. The van der Waals surface area contributed by atoms with E-state index >= 15 is 0 Å². The third kappa shape index (κ3) is 4.08. The summed E-state index contributed by atoms with van der Waals surface area (Å²) < 4.78 is 1.90. The van der Waals surface area contributed by atoms with E-state index in [1.54, 1.807) is 0 Å². The number of nitrogens with one attached hydrogen (secondary N) is 1. The molecule has 0 unspecified atom stereocenters. The van der Waals surface area contributed by atoms with Gasteiger partial charge in [-0.2, -0.15) is 5.10 Å². The Bertz CT molecular complexity index is 1120. The van der Waals surface area contributed by atoms with Crippen molar-refractivity contribution in [3.8, 4) is 11.3 Å². The fourth-order valence-corrected chi connectivity index (χ4v) is 3.95. The van der Waals surface area contributed by atoms with Gasteiger partial charge in [0.2, 0.25) is 5.91 Å². The van der Waals surface area contributed by atoms with Crippen molar-refractivity contribution in [3.05, 3.63) is 69.6 Å². The summed E-state index contributed by atoms with van der Waals surface area (Å²) in [7, 11) is 0. The molecule has 0 bridgehead atoms. The molecule has 0 saturated carbocycles. The number of aromatic nitrogens is 3. The molecule has 0 fully saturated rings. The Morgan fingerprint density at radius 1 is 1.18 bits per heavy atom. The first-order chi connectivity index (χ1) is 13.6. The van der Waals surface area contributed by atoms with E-state index in [4.69, 9.17) is 11.6 Å². The molecular formula is C21H19ClN4OS. The number of carbonyl (C=O) groups excluding carboxylic acids is 1. The lowest BCUT2D eigenvalue weighted by molar-refractivity contribution is -0.121. The number of nitrogens with zero attached hydrogens (tertiary/aromatic N) is 3. The van der Waals surface area contributed by atoms with Crippen LogP contribution in [0, 0.1) is 6.92 Å². The van der Waals surface area contributed by atoms with Crippen LogP contribution in [0.25, 0.3) is 22.2 Å². The van der Waals surface area contributed by atoms with Crippen molar-refractivity contribution < 1.29 is 4.79 Å². The number of aryl methyl sites for hydroxylation is 2. The van der Waals surface area contributed by atoms with Gasteiger partial charge in [-0.05, 0) is 25.1 Å². The van der Waals surface area contributed by atoms with E-state index in [0.717, 1.165) is 32.9 Å². The van der Waals surface area contributed by atoms with Crippen molar-refractivity contribution in [1.29, 1.82) is 0 Å². The standard InChI is InChI=1S/C21H19ClN4OS/c1-14-17-4-2-3-5-19(17)26(25-14)11-10-20(27)23-12-21-24-18(13-28-21)15-6-8-16(22)9-7-15/h2-9,13H,10-12H2,1H3,(H,23,27). The number of thiazole rings is 1. The zero-order valence-corrected chi connectivity index (χ0v) is 16.9. The fourth-order valence-electron chi connectivity index (χ4n) is 3.08. The highest BCUT2D eigenvalue weighted by Crippen LogP contribution is 2.23. The second-order valence-electron chi connectivity index (χ2n) is 6.49. The van der Waals surface area contributed by atoms with E-state index in [0.29, 0.717) is 24.5 Å². The first-order valence-corrected chi connectivity index (χ1v) is 10.2. The van der Waals surface area contributed by atoms with Gasteiger partial charge in [-0.3, -0.25) is 9.48 Å². The number of hydrogen-bond donors (Lipinski definition) is 1. The zero-order chi connectivity index (χ0) is 19.5. The lowest BCUT2D eigenvalue weighted by Crippen LogP contribution is -2.24. The van der Waals surface area contributed by atoms with Crippen molar-refractivity contribution in [2.24, 2.45) is 0 Å². The fraction of sp³-hybridized carbons (Fsp3) is 0.190. The average molecular weight is 411 g/mol. The van der Waals surface area contributed by atoms with Crippen LogP contribution in [0.15, 0.2) is 53.9 Å². The number of halogens is 1. The molecule has 2 aromatic heterocycles. The summed E-state index contributed by atoms with van der Waals surface area (Å²) in [5, 5.41) is 12.2. The molecule has 4 rings (SSSR count). The topological polar surface area (TPSA) is 59.8 Å². The number of benzene rings is 2. The molecule has 1 amide bonds. The predicted molar refractivity (Wildman–Crippen MR) is 113 cm³/mol. The number of carbonyl (C=O) groups is 1. The van der Waals surface area contributed by atoms with Crippen LogP contribution in [0.4, 0.5) is 0 Å². The smallest absolute Gasteiger partial charge is 0.222 e. The number of para-hydroxylation sites is 1. The van der Waals surface area contributed by atoms with Crippen molar-refractivity contribution >= 4 is 39.7 Å². The van der Waals surface area contributed by atoms with Gasteiger partial charge in [-0.25, -0.2) is 4.98 Å². The Labute approximate surface area is 172 Å². The molecule has 0 atom stereocenters. The summed E-state index contributed by atoms with van der Waals surface area (Å²) in [5.74, 6) is -0.0134. The van der Waals surface area contributed by atoms with Gasteiger partial charge in [0.15, 0.2) is 0 Å². The Kier molecular flexibility index (Phi) is 5.41. The van der Waals surface area contributed by atoms with Crippen LogP contribution in [0.1, 0.15) is 17.1 Å². The van der Waals surface area contributed by atoms with Gasteiger partial charge in [0.05, 0.1) is 30.0 Å². The van der Waals surface area contributed by atoms with Crippen molar-refractivity contribution in [3.63, 3.8) is 0 Å². The van der Waals surface area contributed by atoms with E-state index in [9.17, 15) is 4.79 Å². The average Bonchev–Trinajstić information content (AvgIpc) is 3.31. The predicted octanol–water partition coefficient (Wildman–Crippen LogP) is 4.83. The van der Waals surface area contributed by atoms with Crippen LogP contribution in [0.5, 0.6) is 0 Å². The summed E-state index contributed by atoms with van der Waals surface area (Å²) in [6.45, 7) is 2.96. The summed E-state index contributed by atoms with van der Waals surface area (Å²) in [5.41, 5.74) is 3.94. The second kappa shape index (κ2) is 8.12. The molecule has 28 heavy (non-hydrogen) atoms. The molecule has 7 heteroatoms. The second-order valence-corrected chi connectivity index (χ2v) is 7.86. The highest BCUT2D eigenvalue weighted by Gasteiger charge is 2.10. The molecule has 142 valence electrons. The Balaban J connectivity index is 1.33. The van der Waals surface area contributed by atoms with Crippen LogP contribution in [-0.4, -0.2) is 20.7 Å². The molecule has 2 aromatic carbocycles. The highest BCUT2D eigenvalue weighted by molar-refractivity contribution is 7.09. The number of hydrogen-bond acceptors (Lipinski definition) is 4. The van der Waals surface area contributed by atoms with Crippen LogP contribution in [0.3, 0.4) is 0 Å². The van der Waals surface area contributed by atoms with Crippen LogP contribution >= 0.6 is 22.9 Å². The number of rotatable bonds is 6. The van der Waals surface area contributed by atoms with Gasteiger partial charge in [0, 0.05) is 27.8 Å². The van der Waals surface area contributed by atoms with Gasteiger partial charge in [0.25, 0.3) is 0 Å². The lowest BCUT2D eigenvalue weighted by atomic mass is 10.2. The molecule has 4 aromatic rings. The Morgan fingerprint density at radius 2 is 1.96 bits per heavy atom. The van der Waals surface area contributed by atoms with Gasteiger partial charge < -0.3 is 5.32 Å². The summed E-state index contributed by atoms with van der Waals surface area (Å²) in [6.07, 6.45) is 0.376. The summed E-state index contributed by atoms with van der Waals surface area (Å²) in [6, 6.07) is 15.6. The Morgan fingerprint density at radius 3 is 2.79 bits per heavy atom. The van der Waals surface area contributed by atoms with Crippen LogP contribution < -0.4 is 5.32 Å².